The Hall–Kier alpha value is -2.48. The Morgan fingerprint density at radius 2 is 1.59 bits per heavy atom. The summed E-state index contributed by atoms with van der Waals surface area (Å²) in [5.41, 5.74) is 1.36. The van der Waals surface area contributed by atoms with E-state index in [1.807, 2.05) is 20.8 Å². The lowest BCUT2D eigenvalue weighted by Crippen LogP contribution is -2.34. The first kappa shape index (κ1) is 22.6. The number of amides is 2. The van der Waals surface area contributed by atoms with Crippen molar-refractivity contribution >= 4 is 46.5 Å². The third-order valence-corrected chi connectivity index (χ3v) is 3.50. The largest absolute Gasteiger partial charge is 0.466 e. The fourth-order valence-electron chi connectivity index (χ4n) is 2.07. The van der Waals surface area contributed by atoms with E-state index in [-0.39, 0.29) is 29.8 Å². The molecule has 2 amide bonds. The third kappa shape index (κ3) is 10.3. The molecule has 148 valence electrons. The lowest BCUT2D eigenvalue weighted by molar-refractivity contribution is -0.144. The lowest BCUT2D eigenvalue weighted by atomic mass is 10.1. The quantitative estimate of drug-likeness (QED) is 0.440. The Morgan fingerprint density at radius 1 is 1.00 bits per heavy atom. The van der Waals surface area contributed by atoms with Crippen molar-refractivity contribution in [2.24, 2.45) is 5.92 Å². The molecule has 0 fully saturated rings. The summed E-state index contributed by atoms with van der Waals surface area (Å²) in [4.78, 5) is 34.9. The highest BCUT2D eigenvalue weighted by atomic mass is 32.1. The summed E-state index contributed by atoms with van der Waals surface area (Å²) in [5, 5.41) is 8.34. The second-order valence-electron chi connectivity index (χ2n) is 6.45. The van der Waals surface area contributed by atoms with Gasteiger partial charge in [0.05, 0.1) is 13.0 Å². The number of esters is 1. The number of rotatable bonds is 9. The molecule has 3 N–H and O–H groups in total. The molecule has 0 radical (unpaired) electrons. The summed E-state index contributed by atoms with van der Waals surface area (Å²) in [6.45, 7) is 6.22. The van der Waals surface area contributed by atoms with E-state index in [0.717, 1.165) is 6.42 Å². The topological polar surface area (TPSA) is 96.5 Å². The second kappa shape index (κ2) is 12.0. The van der Waals surface area contributed by atoms with Crippen LogP contribution >= 0.6 is 12.2 Å². The Morgan fingerprint density at radius 3 is 2.15 bits per heavy atom. The highest BCUT2D eigenvalue weighted by Crippen LogP contribution is 2.14. The number of thiocarbonyl (C=S) groups is 1. The summed E-state index contributed by atoms with van der Waals surface area (Å²) in [5.74, 6) is -0.508. The predicted octanol–water partition coefficient (Wildman–Crippen LogP) is 3.22. The average molecular weight is 394 g/mol. The van der Waals surface area contributed by atoms with Gasteiger partial charge in [-0.05, 0) is 48.8 Å². The van der Waals surface area contributed by atoms with Gasteiger partial charge in [-0.2, -0.15) is 0 Å². The van der Waals surface area contributed by atoms with Crippen LogP contribution in [0.5, 0.6) is 0 Å². The molecule has 8 heteroatoms. The van der Waals surface area contributed by atoms with Crippen LogP contribution in [0.4, 0.5) is 11.4 Å². The van der Waals surface area contributed by atoms with E-state index in [2.05, 4.69) is 16.0 Å². The molecule has 0 aliphatic carbocycles. The van der Waals surface area contributed by atoms with Crippen LogP contribution in [0.3, 0.4) is 0 Å². The van der Waals surface area contributed by atoms with Crippen molar-refractivity contribution in [3.8, 4) is 0 Å². The van der Waals surface area contributed by atoms with Crippen molar-refractivity contribution in [3.05, 3.63) is 24.3 Å². The van der Waals surface area contributed by atoms with Crippen LogP contribution in [-0.2, 0) is 19.1 Å². The van der Waals surface area contributed by atoms with Gasteiger partial charge in [0.15, 0.2) is 5.11 Å². The van der Waals surface area contributed by atoms with Crippen molar-refractivity contribution in [2.45, 2.75) is 46.5 Å². The molecule has 0 aromatic heterocycles. The molecule has 0 aliphatic heterocycles. The first-order chi connectivity index (χ1) is 12.8. The molecule has 0 heterocycles. The summed E-state index contributed by atoms with van der Waals surface area (Å²) in [6.07, 6.45) is 1.22. The molecule has 0 bridgehead atoms. The monoisotopic (exact) mass is 393 g/mol. The van der Waals surface area contributed by atoms with Crippen LogP contribution in [0.2, 0.25) is 0 Å². The lowest BCUT2D eigenvalue weighted by Gasteiger charge is -2.11. The van der Waals surface area contributed by atoms with Crippen molar-refractivity contribution in [2.75, 3.05) is 17.2 Å². The zero-order valence-electron chi connectivity index (χ0n) is 16.0. The number of ether oxygens (including phenoxy) is 1. The third-order valence-electron chi connectivity index (χ3n) is 3.30. The maximum Gasteiger partial charge on any atom is 0.306 e. The number of anilines is 2. The molecule has 0 aliphatic rings. The van der Waals surface area contributed by atoms with Crippen LogP contribution in [0.25, 0.3) is 0 Å². The van der Waals surface area contributed by atoms with Gasteiger partial charge in [-0.3, -0.25) is 14.4 Å². The van der Waals surface area contributed by atoms with Gasteiger partial charge in [-0.15, -0.1) is 0 Å². The SMILES string of the molecule is CCCOC(=O)CCC(=O)NC(=S)Nc1ccc(NC(=O)CC(C)C)cc1. The Labute approximate surface area is 165 Å². The summed E-state index contributed by atoms with van der Waals surface area (Å²) < 4.78 is 4.90. The first-order valence-corrected chi connectivity index (χ1v) is 9.37. The maximum atomic E-state index is 11.8. The molecule has 7 nitrogen and oxygen atoms in total. The molecule has 0 unspecified atom stereocenters. The van der Waals surface area contributed by atoms with E-state index in [9.17, 15) is 14.4 Å². The minimum atomic E-state index is -0.402. The van der Waals surface area contributed by atoms with Crippen molar-refractivity contribution in [3.63, 3.8) is 0 Å². The zero-order valence-corrected chi connectivity index (χ0v) is 16.8. The molecular formula is C19H27N3O4S. The van der Waals surface area contributed by atoms with E-state index in [0.29, 0.717) is 30.3 Å². The highest BCUT2D eigenvalue weighted by molar-refractivity contribution is 7.80. The van der Waals surface area contributed by atoms with Crippen LogP contribution in [-0.4, -0.2) is 29.5 Å². The maximum absolute atomic E-state index is 11.8. The van der Waals surface area contributed by atoms with E-state index in [4.69, 9.17) is 17.0 Å². The predicted molar refractivity (Wildman–Crippen MR) is 109 cm³/mol. The molecule has 0 saturated carbocycles. The fourth-order valence-corrected chi connectivity index (χ4v) is 2.31. The Kier molecular flexibility index (Phi) is 10.0. The van der Waals surface area contributed by atoms with Gasteiger partial charge in [0.2, 0.25) is 11.8 Å². The number of hydrogen-bond donors (Lipinski definition) is 3. The Bertz CT molecular complexity index is 659. The van der Waals surface area contributed by atoms with Crippen LogP contribution in [0, 0.1) is 5.92 Å². The summed E-state index contributed by atoms with van der Waals surface area (Å²) in [6, 6.07) is 6.97. The molecule has 1 rings (SSSR count). The Balaban J connectivity index is 2.38. The van der Waals surface area contributed by atoms with Gasteiger partial charge in [0.1, 0.15) is 0 Å². The fraction of sp³-hybridized carbons (Fsp3) is 0.474. The highest BCUT2D eigenvalue weighted by Gasteiger charge is 2.10. The molecular weight excluding hydrogens is 366 g/mol. The minimum Gasteiger partial charge on any atom is -0.466 e. The standard InChI is InChI=1S/C19H27N3O4S/c1-4-11-26-18(25)10-9-16(23)22-19(27)21-15-7-5-14(6-8-15)20-17(24)12-13(2)3/h5-8,13H,4,9-12H2,1-3H3,(H,20,24)(H2,21,22,23,27). The van der Waals surface area contributed by atoms with E-state index in [1.165, 1.54) is 0 Å². The van der Waals surface area contributed by atoms with Crippen molar-refractivity contribution in [1.29, 1.82) is 0 Å². The van der Waals surface area contributed by atoms with E-state index in [1.54, 1.807) is 24.3 Å². The normalized spacial score (nSPS) is 10.2. The molecule has 0 atom stereocenters. The van der Waals surface area contributed by atoms with E-state index >= 15 is 0 Å². The second-order valence-corrected chi connectivity index (χ2v) is 6.85. The first-order valence-electron chi connectivity index (χ1n) is 8.96. The van der Waals surface area contributed by atoms with Crippen molar-refractivity contribution in [1.82, 2.24) is 5.32 Å². The van der Waals surface area contributed by atoms with Crippen LogP contribution < -0.4 is 16.0 Å². The minimum absolute atomic E-state index is 0.00515. The number of benzene rings is 1. The average Bonchev–Trinajstić information content (AvgIpc) is 2.59. The molecule has 1 aromatic carbocycles. The molecule has 0 saturated heterocycles. The smallest absolute Gasteiger partial charge is 0.306 e. The number of nitrogens with one attached hydrogen (secondary N) is 3. The molecule has 27 heavy (non-hydrogen) atoms. The number of hydrogen-bond acceptors (Lipinski definition) is 5. The van der Waals surface area contributed by atoms with Gasteiger partial charge < -0.3 is 20.7 Å². The van der Waals surface area contributed by atoms with Gasteiger partial charge >= 0.3 is 5.97 Å². The zero-order chi connectivity index (χ0) is 20.2. The molecule has 1 aromatic rings. The van der Waals surface area contributed by atoms with E-state index < -0.39 is 5.97 Å². The van der Waals surface area contributed by atoms with Crippen LogP contribution in [0.15, 0.2) is 24.3 Å². The van der Waals surface area contributed by atoms with Crippen LogP contribution in [0.1, 0.15) is 46.5 Å². The van der Waals surface area contributed by atoms with Gasteiger partial charge in [0.25, 0.3) is 0 Å². The van der Waals surface area contributed by atoms with Gasteiger partial charge in [-0.1, -0.05) is 20.8 Å². The van der Waals surface area contributed by atoms with Gasteiger partial charge in [-0.25, -0.2) is 0 Å². The van der Waals surface area contributed by atoms with Crippen molar-refractivity contribution < 1.29 is 19.1 Å². The number of carbonyl (C=O) groups excluding carboxylic acids is 3. The molecule has 0 spiro atoms. The van der Waals surface area contributed by atoms with Gasteiger partial charge in [0, 0.05) is 24.2 Å². The summed E-state index contributed by atoms with van der Waals surface area (Å²) >= 11 is 5.08. The number of carbonyl (C=O) groups is 3. The summed E-state index contributed by atoms with van der Waals surface area (Å²) in [7, 11) is 0.